The van der Waals surface area contributed by atoms with Gasteiger partial charge >= 0.3 is 5.97 Å². The lowest BCUT2D eigenvalue weighted by atomic mass is 10.2. The SMILES string of the molecule is CCC=CCOc1ccc(C(=O)O)cc1. The van der Waals surface area contributed by atoms with E-state index >= 15 is 0 Å². The van der Waals surface area contributed by atoms with Crippen LogP contribution in [0.3, 0.4) is 0 Å². The molecule has 0 aliphatic heterocycles. The molecule has 1 aromatic carbocycles. The number of carboxylic acid groups (broad SMARTS) is 1. The van der Waals surface area contributed by atoms with Crippen LogP contribution in [-0.4, -0.2) is 17.7 Å². The van der Waals surface area contributed by atoms with Crippen molar-refractivity contribution in [3.8, 4) is 5.75 Å². The molecule has 0 saturated heterocycles. The summed E-state index contributed by atoms with van der Waals surface area (Å²) < 4.78 is 5.36. The van der Waals surface area contributed by atoms with Gasteiger partial charge in [0.05, 0.1) is 5.56 Å². The van der Waals surface area contributed by atoms with Crippen molar-refractivity contribution in [2.24, 2.45) is 0 Å². The minimum atomic E-state index is -0.924. The van der Waals surface area contributed by atoms with Gasteiger partial charge in [-0.15, -0.1) is 0 Å². The monoisotopic (exact) mass is 206 g/mol. The molecule has 0 aliphatic carbocycles. The largest absolute Gasteiger partial charge is 0.490 e. The van der Waals surface area contributed by atoms with Crippen LogP contribution in [0.5, 0.6) is 5.75 Å². The van der Waals surface area contributed by atoms with Crippen LogP contribution in [0.2, 0.25) is 0 Å². The Labute approximate surface area is 89.0 Å². The molecular formula is C12H14O3. The minimum absolute atomic E-state index is 0.270. The molecule has 1 aromatic rings. The van der Waals surface area contributed by atoms with Gasteiger partial charge in [-0.2, -0.15) is 0 Å². The Balaban J connectivity index is 2.50. The smallest absolute Gasteiger partial charge is 0.335 e. The van der Waals surface area contributed by atoms with Crippen molar-refractivity contribution in [3.63, 3.8) is 0 Å². The highest BCUT2D eigenvalue weighted by atomic mass is 16.5. The van der Waals surface area contributed by atoms with E-state index in [0.717, 1.165) is 6.42 Å². The first-order chi connectivity index (χ1) is 7.24. The predicted molar refractivity (Wildman–Crippen MR) is 58.3 cm³/mol. The first kappa shape index (κ1) is 11.3. The maximum Gasteiger partial charge on any atom is 0.335 e. The maximum absolute atomic E-state index is 10.6. The van der Waals surface area contributed by atoms with E-state index in [1.807, 2.05) is 12.2 Å². The minimum Gasteiger partial charge on any atom is -0.490 e. The van der Waals surface area contributed by atoms with Crippen LogP contribution in [0.25, 0.3) is 0 Å². The molecule has 1 rings (SSSR count). The molecule has 1 N–H and O–H groups in total. The molecular weight excluding hydrogens is 192 g/mol. The molecule has 0 saturated carbocycles. The summed E-state index contributed by atoms with van der Waals surface area (Å²) in [6.07, 6.45) is 4.94. The highest BCUT2D eigenvalue weighted by Gasteiger charge is 2.01. The number of allylic oxidation sites excluding steroid dienone is 1. The number of aromatic carboxylic acids is 1. The van der Waals surface area contributed by atoms with E-state index in [1.165, 1.54) is 12.1 Å². The Hall–Kier alpha value is -1.77. The van der Waals surface area contributed by atoms with Crippen LogP contribution < -0.4 is 4.74 Å². The Morgan fingerprint density at radius 1 is 1.33 bits per heavy atom. The van der Waals surface area contributed by atoms with Crippen molar-refractivity contribution in [3.05, 3.63) is 42.0 Å². The number of hydrogen-bond acceptors (Lipinski definition) is 2. The van der Waals surface area contributed by atoms with Crippen molar-refractivity contribution >= 4 is 5.97 Å². The number of hydrogen-bond donors (Lipinski definition) is 1. The van der Waals surface area contributed by atoms with Gasteiger partial charge in [0.1, 0.15) is 12.4 Å². The number of rotatable bonds is 5. The molecule has 0 bridgehead atoms. The van der Waals surface area contributed by atoms with Crippen LogP contribution in [0.4, 0.5) is 0 Å². The molecule has 3 nitrogen and oxygen atoms in total. The maximum atomic E-state index is 10.6. The summed E-state index contributed by atoms with van der Waals surface area (Å²) in [7, 11) is 0. The average Bonchev–Trinajstić information content (AvgIpc) is 2.25. The van der Waals surface area contributed by atoms with E-state index in [0.29, 0.717) is 12.4 Å². The van der Waals surface area contributed by atoms with Crippen molar-refractivity contribution in [2.75, 3.05) is 6.61 Å². The third-order valence-electron chi connectivity index (χ3n) is 1.85. The van der Waals surface area contributed by atoms with E-state index < -0.39 is 5.97 Å². The normalized spacial score (nSPS) is 10.5. The fourth-order valence-corrected chi connectivity index (χ4v) is 1.07. The van der Waals surface area contributed by atoms with Crippen LogP contribution in [0.1, 0.15) is 23.7 Å². The molecule has 0 spiro atoms. The van der Waals surface area contributed by atoms with Gasteiger partial charge in [0.25, 0.3) is 0 Å². The second kappa shape index (κ2) is 5.86. The van der Waals surface area contributed by atoms with Gasteiger partial charge in [0.2, 0.25) is 0 Å². The second-order valence-electron chi connectivity index (χ2n) is 3.02. The molecule has 0 aromatic heterocycles. The van der Waals surface area contributed by atoms with E-state index in [4.69, 9.17) is 9.84 Å². The number of carbonyl (C=O) groups is 1. The standard InChI is InChI=1S/C12H14O3/c1-2-3-4-9-15-11-7-5-10(6-8-11)12(13)14/h3-8H,2,9H2,1H3,(H,13,14). The zero-order chi connectivity index (χ0) is 11.1. The molecule has 0 heterocycles. The van der Waals surface area contributed by atoms with Crippen LogP contribution in [0.15, 0.2) is 36.4 Å². The summed E-state index contributed by atoms with van der Waals surface area (Å²) in [5, 5.41) is 8.67. The third-order valence-corrected chi connectivity index (χ3v) is 1.85. The first-order valence-corrected chi connectivity index (χ1v) is 4.85. The molecule has 0 radical (unpaired) electrons. The van der Waals surface area contributed by atoms with Gasteiger partial charge in [0, 0.05) is 0 Å². The van der Waals surface area contributed by atoms with Crippen molar-refractivity contribution < 1.29 is 14.6 Å². The molecule has 0 aliphatic rings. The second-order valence-corrected chi connectivity index (χ2v) is 3.02. The average molecular weight is 206 g/mol. The van der Waals surface area contributed by atoms with Gasteiger partial charge < -0.3 is 9.84 Å². The molecule has 15 heavy (non-hydrogen) atoms. The van der Waals surface area contributed by atoms with E-state index in [2.05, 4.69) is 6.92 Å². The van der Waals surface area contributed by atoms with Crippen LogP contribution in [-0.2, 0) is 0 Å². The summed E-state index contributed by atoms with van der Waals surface area (Å²) in [4.78, 5) is 10.6. The Morgan fingerprint density at radius 3 is 2.53 bits per heavy atom. The Morgan fingerprint density at radius 2 is 2.00 bits per heavy atom. The van der Waals surface area contributed by atoms with Crippen LogP contribution in [0, 0.1) is 0 Å². The molecule has 0 atom stereocenters. The lowest BCUT2D eigenvalue weighted by Gasteiger charge is -2.02. The van der Waals surface area contributed by atoms with Gasteiger partial charge in [-0.25, -0.2) is 4.79 Å². The Bertz CT molecular complexity index is 338. The summed E-state index contributed by atoms with van der Waals surface area (Å²) >= 11 is 0. The molecule has 0 unspecified atom stereocenters. The molecule has 0 fully saturated rings. The number of ether oxygens (including phenoxy) is 1. The lowest BCUT2D eigenvalue weighted by Crippen LogP contribution is -1.97. The van der Waals surface area contributed by atoms with Gasteiger partial charge in [-0.05, 0) is 30.7 Å². The quantitative estimate of drug-likeness (QED) is 0.753. The third kappa shape index (κ3) is 3.85. The van der Waals surface area contributed by atoms with Crippen molar-refractivity contribution in [1.82, 2.24) is 0 Å². The first-order valence-electron chi connectivity index (χ1n) is 4.85. The summed E-state index contributed by atoms with van der Waals surface area (Å²) in [6.45, 7) is 2.57. The van der Waals surface area contributed by atoms with Crippen LogP contribution >= 0.6 is 0 Å². The topological polar surface area (TPSA) is 46.5 Å². The van der Waals surface area contributed by atoms with Crippen molar-refractivity contribution in [2.45, 2.75) is 13.3 Å². The molecule has 80 valence electrons. The lowest BCUT2D eigenvalue weighted by molar-refractivity contribution is 0.0697. The summed E-state index contributed by atoms with van der Waals surface area (Å²) in [5.41, 5.74) is 0.270. The summed E-state index contributed by atoms with van der Waals surface area (Å²) in [6, 6.07) is 6.37. The van der Waals surface area contributed by atoms with E-state index in [9.17, 15) is 4.79 Å². The van der Waals surface area contributed by atoms with Crippen molar-refractivity contribution in [1.29, 1.82) is 0 Å². The number of carboxylic acids is 1. The molecule has 0 amide bonds. The zero-order valence-electron chi connectivity index (χ0n) is 8.64. The Kier molecular flexibility index (Phi) is 4.41. The molecule has 3 heteroatoms. The predicted octanol–water partition coefficient (Wildman–Crippen LogP) is 2.73. The van der Waals surface area contributed by atoms with Gasteiger partial charge in [0.15, 0.2) is 0 Å². The zero-order valence-corrected chi connectivity index (χ0v) is 8.64. The summed E-state index contributed by atoms with van der Waals surface area (Å²) in [5.74, 6) is -0.242. The van der Waals surface area contributed by atoms with Gasteiger partial charge in [-0.3, -0.25) is 0 Å². The highest BCUT2D eigenvalue weighted by Crippen LogP contribution is 2.11. The fraction of sp³-hybridized carbons (Fsp3) is 0.250. The van der Waals surface area contributed by atoms with E-state index in [1.54, 1.807) is 12.1 Å². The van der Waals surface area contributed by atoms with Gasteiger partial charge in [-0.1, -0.05) is 19.1 Å². The van der Waals surface area contributed by atoms with E-state index in [-0.39, 0.29) is 5.56 Å². The fourth-order valence-electron chi connectivity index (χ4n) is 1.07. The highest BCUT2D eigenvalue weighted by molar-refractivity contribution is 5.87. The number of benzene rings is 1.